The van der Waals surface area contributed by atoms with Crippen LogP contribution in [-0.4, -0.2) is 40.2 Å². The lowest BCUT2D eigenvalue weighted by Gasteiger charge is -2.36. The Bertz CT molecular complexity index is 850. The van der Waals surface area contributed by atoms with Crippen molar-refractivity contribution < 1.29 is 4.79 Å². The van der Waals surface area contributed by atoms with Gasteiger partial charge in [-0.25, -0.2) is 0 Å². The SMILES string of the molecule is CC(C)(C)n1nc(C(=O)N2CCNCC2c2ccccc2Cl)cc1C1CC1. The standard InChI is InChI=1S/C21H27ClN4O/c1-21(2,3)26-18(14-8-9-14)12-17(24-26)20(27)25-11-10-23-13-19(25)15-6-4-5-7-16(15)22/h4-7,12,14,19,23H,8-11,13H2,1-3H3. The third-order valence-electron chi connectivity index (χ3n) is 5.36. The molecule has 0 spiro atoms. The van der Waals surface area contributed by atoms with E-state index in [0.29, 0.717) is 29.7 Å². The van der Waals surface area contributed by atoms with Gasteiger partial charge in [0.1, 0.15) is 0 Å². The fourth-order valence-corrected chi connectivity index (χ4v) is 4.09. The number of amides is 1. The highest BCUT2D eigenvalue weighted by molar-refractivity contribution is 6.31. The number of nitrogens with zero attached hydrogens (tertiary/aromatic N) is 3. The van der Waals surface area contributed by atoms with E-state index in [1.165, 1.54) is 18.5 Å². The molecule has 2 aliphatic rings. The van der Waals surface area contributed by atoms with Gasteiger partial charge in [-0.3, -0.25) is 9.48 Å². The Morgan fingerprint density at radius 3 is 2.67 bits per heavy atom. The molecule has 0 bridgehead atoms. The van der Waals surface area contributed by atoms with Crippen LogP contribution in [0.3, 0.4) is 0 Å². The van der Waals surface area contributed by atoms with Crippen LogP contribution in [0.4, 0.5) is 0 Å². The predicted molar refractivity (Wildman–Crippen MR) is 107 cm³/mol. The van der Waals surface area contributed by atoms with Crippen LogP contribution in [0.25, 0.3) is 0 Å². The molecule has 2 heterocycles. The van der Waals surface area contributed by atoms with Crippen LogP contribution in [0.1, 0.15) is 67.3 Å². The van der Waals surface area contributed by atoms with Gasteiger partial charge in [0.15, 0.2) is 5.69 Å². The Hall–Kier alpha value is -1.85. The van der Waals surface area contributed by atoms with E-state index in [-0.39, 0.29) is 17.5 Å². The van der Waals surface area contributed by atoms with Crippen molar-refractivity contribution in [3.8, 4) is 0 Å². The van der Waals surface area contributed by atoms with E-state index >= 15 is 0 Å². The molecule has 1 N–H and O–H groups in total. The predicted octanol–water partition coefficient (Wildman–Crippen LogP) is 3.96. The highest BCUT2D eigenvalue weighted by atomic mass is 35.5. The van der Waals surface area contributed by atoms with E-state index in [0.717, 1.165) is 12.1 Å². The molecule has 1 atom stereocenters. The molecule has 6 heteroatoms. The maximum atomic E-state index is 13.4. The number of aromatic nitrogens is 2. The van der Waals surface area contributed by atoms with Crippen molar-refractivity contribution in [2.75, 3.05) is 19.6 Å². The van der Waals surface area contributed by atoms with Gasteiger partial charge in [-0.2, -0.15) is 5.10 Å². The van der Waals surface area contributed by atoms with Crippen LogP contribution in [0, 0.1) is 0 Å². The fourth-order valence-electron chi connectivity index (χ4n) is 3.82. The summed E-state index contributed by atoms with van der Waals surface area (Å²) in [4.78, 5) is 15.3. The quantitative estimate of drug-likeness (QED) is 0.868. The Labute approximate surface area is 165 Å². The molecule has 4 rings (SSSR count). The van der Waals surface area contributed by atoms with E-state index in [9.17, 15) is 4.79 Å². The summed E-state index contributed by atoms with van der Waals surface area (Å²) in [5.41, 5.74) is 2.58. The highest BCUT2D eigenvalue weighted by Crippen LogP contribution is 2.42. The number of benzene rings is 1. The zero-order valence-corrected chi connectivity index (χ0v) is 17.0. The van der Waals surface area contributed by atoms with Gasteiger partial charge in [-0.1, -0.05) is 29.8 Å². The maximum absolute atomic E-state index is 13.4. The molecule has 1 aromatic carbocycles. The summed E-state index contributed by atoms with van der Waals surface area (Å²) in [6, 6.07) is 9.71. The lowest BCUT2D eigenvalue weighted by molar-refractivity contribution is 0.0626. The molecular weight excluding hydrogens is 360 g/mol. The largest absolute Gasteiger partial charge is 0.328 e. The first-order valence-electron chi connectivity index (χ1n) is 9.73. The van der Waals surface area contributed by atoms with E-state index < -0.39 is 0 Å². The number of hydrogen-bond acceptors (Lipinski definition) is 3. The minimum atomic E-state index is -0.137. The normalized spacial score (nSPS) is 20.7. The molecule has 1 saturated heterocycles. The first-order chi connectivity index (χ1) is 12.9. The molecule has 1 saturated carbocycles. The van der Waals surface area contributed by atoms with Crippen LogP contribution in [0.5, 0.6) is 0 Å². The number of rotatable bonds is 3. The summed E-state index contributed by atoms with van der Waals surface area (Å²) in [6.07, 6.45) is 2.37. The molecule has 1 unspecified atom stereocenters. The third kappa shape index (κ3) is 3.63. The van der Waals surface area contributed by atoms with Crippen molar-refractivity contribution in [3.63, 3.8) is 0 Å². The van der Waals surface area contributed by atoms with Gasteiger partial charge in [-0.15, -0.1) is 0 Å². The Morgan fingerprint density at radius 2 is 2.00 bits per heavy atom. The van der Waals surface area contributed by atoms with Crippen LogP contribution in [0.15, 0.2) is 30.3 Å². The van der Waals surface area contributed by atoms with Crippen LogP contribution in [0.2, 0.25) is 5.02 Å². The lowest BCUT2D eigenvalue weighted by Crippen LogP contribution is -2.49. The topological polar surface area (TPSA) is 50.2 Å². The second kappa shape index (κ2) is 6.95. The zero-order valence-electron chi connectivity index (χ0n) is 16.2. The highest BCUT2D eigenvalue weighted by Gasteiger charge is 2.35. The molecule has 2 fully saturated rings. The number of carbonyl (C=O) groups excluding carboxylic acids is 1. The molecule has 1 amide bonds. The summed E-state index contributed by atoms with van der Waals surface area (Å²) in [6.45, 7) is 8.54. The summed E-state index contributed by atoms with van der Waals surface area (Å²) >= 11 is 6.43. The van der Waals surface area contributed by atoms with Gasteiger partial charge in [-0.05, 0) is 51.3 Å². The van der Waals surface area contributed by atoms with E-state index in [1.54, 1.807) is 0 Å². The second-order valence-electron chi connectivity index (χ2n) is 8.55. The minimum absolute atomic E-state index is 0.00804. The number of carbonyl (C=O) groups is 1. The average molecular weight is 387 g/mol. The van der Waals surface area contributed by atoms with E-state index in [4.69, 9.17) is 16.7 Å². The summed E-state index contributed by atoms with van der Waals surface area (Å²) in [7, 11) is 0. The zero-order chi connectivity index (χ0) is 19.2. The third-order valence-corrected chi connectivity index (χ3v) is 5.70. The maximum Gasteiger partial charge on any atom is 0.274 e. The van der Waals surface area contributed by atoms with Gasteiger partial charge >= 0.3 is 0 Å². The summed E-state index contributed by atoms with van der Waals surface area (Å²) in [5, 5.41) is 8.83. The van der Waals surface area contributed by atoms with Crippen LogP contribution < -0.4 is 5.32 Å². The van der Waals surface area contributed by atoms with Crippen LogP contribution in [-0.2, 0) is 5.54 Å². The fraction of sp³-hybridized carbons (Fsp3) is 0.524. The number of nitrogens with one attached hydrogen (secondary N) is 1. The Kier molecular flexibility index (Phi) is 4.77. The Morgan fingerprint density at radius 1 is 1.26 bits per heavy atom. The Balaban J connectivity index is 1.68. The number of piperazine rings is 1. The monoisotopic (exact) mass is 386 g/mol. The van der Waals surface area contributed by atoms with Gasteiger partial charge in [0, 0.05) is 36.3 Å². The average Bonchev–Trinajstić information content (AvgIpc) is 3.38. The summed E-state index contributed by atoms with van der Waals surface area (Å²) in [5.74, 6) is 0.534. The first kappa shape index (κ1) is 18.5. The molecule has 27 heavy (non-hydrogen) atoms. The first-order valence-corrected chi connectivity index (χ1v) is 10.1. The van der Waals surface area contributed by atoms with Gasteiger partial charge < -0.3 is 10.2 Å². The molecule has 1 aromatic heterocycles. The van der Waals surface area contributed by atoms with Crippen molar-refractivity contribution in [2.24, 2.45) is 0 Å². The molecule has 5 nitrogen and oxygen atoms in total. The molecule has 1 aliphatic heterocycles. The van der Waals surface area contributed by atoms with Crippen LogP contribution >= 0.6 is 11.6 Å². The smallest absolute Gasteiger partial charge is 0.274 e. The number of hydrogen-bond donors (Lipinski definition) is 1. The van der Waals surface area contributed by atoms with Crippen molar-refractivity contribution in [2.45, 2.75) is 51.1 Å². The van der Waals surface area contributed by atoms with Crippen molar-refractivity contribution in [1.29, 1.82) is 0 Å². The van der Waals surface area contributed by atoms with Gasteiger partial charge in [0.05, 0.1) is 11.6 Å². The second-order valence-corrected chi connectivity index (χ2v) is 8.96. The minimum Gasteiger partial charge on any atom is -0.328 e. The van der Waals surface area contributed by atoms with E-state index in [2.05, 4.69) is 26.1 Å². The van der Waals surface area contributed by atoms with Gasteiger partial charge in [0.25, 0.3) is 5.91 Å². The summed E-state index contributed by atoms with van der Waals surface area (Å²) < 4.78 is 2.05. The molecule has 144 valence electrons. The lowest BCUT2D eigenvalue weighted by atomic mass is 10.0. The molecule has 2 aromatic rings. The van der Waals surface area contributed by atoms with Crippen molar-refractivity contribution in [3.05, 3.63) is 52.3 Å². The van der Waals surface area contributed by atoms with Gasteiger partial charge in [0.2, 0.25) is 0 Å². The van der Waals surface area contributed by atoms with E-state index in [1.807, 2.05) is 39.9 Å². The number of halogens is 1. The van der Waals surface area contributed by atoms with Crippen molar-refractivity contribution in [1.82, 2.24) is 20.0 Å². The van der Waals surface area contributed by atoms with Crippen molar-refractivity contribution >= 4 is 17.5 Å². The molecule has 1 aliphatic carbocycles. The molecule has 0 radical (unpaired) electrons. The molecular formula is C21H27ClN4O.